The lowest BCUT2D eigenvalue weighted by Crippen LogP contribution is -2.04. The van der Waals surface area contributed by atoms with Crippen LogP contribution in [0.25, 0.3) is 0 Å². The first-order valence-corrected chi connectivity index (χ1v) is 12.1. The Balaban J connectivity index is 3.67. The van der Waals surface area contributed by atoms with Crippen LogP contribution in [0.3, 0.4) is 0 Å². The molecule has 0 atom stereocenters. The molecule has 2 nitrogen and oxygen atoms in total. The molecule has 0 aliphatic carbocycles. The van der Waals surface area contributed by atoms with E-state index in [-0.39, 0.29) is 5.97 Å². The highest BCUT2D eigenvalue weighted by Crippen LogP contribution is 2.12. The van der Waals surface area contributed by atoms with Gasteiger partial charge in [0.1, 0.15) is 6.61 Å². The van der Waals surface area contributed by atoms with Gasteiger partial charge in [0.15, 0.2) is 0 Å². The molecule has 0 aliphatic rings. The number of carbonyl (C=O) groups is 1. The summed E-state index contributed by atoms with van der Waals surface area (Å²) in [5, 5.41) is 0. The van der Waals surface area contributed by atoms with Gasteiger partial charge >= 0.3 is 5.97 Å². The molecule has 0 saturated carbocycles. The smallest absolute Gasteiger partial charge is 0.306 e. The molecule has 0 heterocycles. The van der Waals surface area contributed by atoms with Gasteiger partial charge < -0.3 is 4.74 Å². The molecule has 2 heteroatoms. The van der Waals surface area contributed by atoms with Crippen LogP contribution in [-0.4, -0.2) is 12.6 Å². The molecule has 0 aromatic carbocycles. The molecule has 0 bridgehead atoms. The Morgan fingerprint density at radius 2 is 1.17 bits per heavy atom. The molecule has 0 saturated heterocycles. The van der Waals surface area contributed by atoms with Crippen molar-refractivity contribution in [3.8, 4) is 0 Å². The van der Waals surface area contributed by atoms with Crippen molar-refractivity contribution in [1.29, 1.82) is 0 Å². The monoisotopic (exact) mass is 404 g/mol. The van der Waals surface area contributed by atoms with E-state index < -0.39 is 0 Å². The SMILES string of the molecule is CCCCCCCCCCCC(=O)OCC=C(C)CCC=C(C)CCC=C(C)C. The maximum Gasteiger partial charge on any atom is 0.306 e. The number of esters is 1. The van der Waals surface area contributed by atoms with Crippen molar-refractivity contribution in [3.63, 3.8) is 0 Å². The third kappa shape index (κ3) is 21.2. The van der Waals surface area contributed by atoms with Crippen LogP contribution in [-0.2, 0) is 9.53 Å². The minimum atomic E-state index is -0.0491. The molecule has 0 aromatic heterocycles. The third-order valence-electron chi connectivity index (χ3n) is 5.28. The molecule has 0 rings (SSSR count). The van der Waals surface area contributed by atoms with Gasteiger partial charge in [-0.25, -0.2) is 0 Å². The van der Waals surface area contributed by atoms with Crippen molar-refractivity contribution in [1.82, 2.24) is 0 Å². The normalized spacial score (nSPS) is 12.2. The summed E-state index contributed by atoms with van der Waals surface area (Å²) in [4.78, 5) is 11.8. The number of hydrogen-bond donors (Lipinski definition) is 0. The lowest BCUT2D eigenvalue weighted by Gasteiger charge is -2.04. The van der Waals surface area contributed by atoms with Crippen LogP contribution in [0.4, 0.5) is 0 Å². The number of ether oxygens (including phenoxy) is 1. The predicted molar refractivity (Wildman–Crippen MR) is 128 cm³/mol. The zero-order valence-electron chi connectivity index (χ0n) is 20.2. The van der Waals surface area contributed by atoms with E-state index in [0.717, 1.165) is 38.5 Å². The largest absolute Gasteiger partial charge is 0.461 e. The summed E-state index contributed by atoms with van der Waals surface area (Å²) in [6.45, 7) is 11.3. The van der Waals surface area contributed by atoms with E-state index in [1.54, 1.807) is 0 Å². The van der Waals surface area contributed by atoms with Crippen molar-refractivity contribution < 1.29 is 9.53 Å². The summed E-state index contributed by atoms with van der Waals surface area (Å²) in [5.41, 5.74) is 4.15. The number of allylic oxidation sites excluding steroid dienone is 5. The van der Waals surface area contributed by atoms with E-state index in [2.05, 4.69) is 52.8 Å². The fraction of sp³-hybridized carbons (Fsp3) is 0.741. The van der Waals surface area contributed by atoms with Crippen LogP contribution in [0.5, 0.6) is 0 Å². The summed E-state index contributed by atoms with van der Waals surface area (Å²) in [6, 6.07) is 0. The highest BCUT2D eigenvalue weighted by molar-refractivity contribution is 5.69. The summed E-state index contributed by atoms with van der Waals surface area (Å²) in [5.74, 6) is -0.0491. The average molecular weight is 405 g/mol. The Kier molecular flexibility index (Phi) is 19.1. The van der Waals surface area contributed by atoms with E-state index in [9.17, 15) is 4.79 Å². The Morgan fingerprint density at radius 1 is 0.655 bits per heavy atom. The van der Waals surface area contributed by atoms with E-state index in [1.807, 2.05) is 0 Å². The van der Waals surface area contributed by atoms with E-state index in [0.29, 0.717) is 13.0 Å². The van der Waals surface area contributed by atoms with Crippen LogP contribution >= 0.6 is 0 Å². The van der Waals surface area contributed by atoms with Gasteiger partial charge in [0.2, 0.25) is 0 Å². The van der Waals surface area contributed by atoms with Crippen LogP contribution in [0, 0.1) is 0 Å². The Labute approximate surface area is 181 Å². The van der Waals surface area contributed by atoms with E-state index in [1.165, 1.54) is 61.7 Å². The highest BCUT2D eigenvalue weighted by atomic mass is 16.5. The van der Waals surface area contributed by atoms with Crippen molar-refractivity contribution >= 4 is 5.97 Å². The first-order valence-electron chi connectivity index (χ1n) is 12.1. The molecule has 0 amide bonds. The minimum Gasteiger partial charge on any atom is -0.461 e. The van der Waals surface area contributed by atoms with Gasteiger partial charge in [0, 0.05) is 6.42 Å². The van der Waals surface area contributed by atoms with Gasteiger partial charge in [0.25, 0.3) is 0 Å². The molecule has 0 radical (unpaired) electrons. The number of hydrogen-bond acceptors (Lipinski definition) is 2. The molecule has 29 heavy (non-hydrogen) atoms. The van der Waals surface area contributed by atoms with E-state index in [4.69, 9.17) is 4.74 Å². The van der Waals surface area contributed by atoms with Crippen molar-refractivity contribution in [2.75, 3.05) is 6.61 Å². The molecule has 0 fully saturated rings. The molecule has 0 N–H and O–H groups in total. The Bertz CT molecular complexity index is 493. The number of unbranched alkanes of at least 4 members (excludes halogenated alkanes) is 8. The summed E-state index contributed by atoms with van der Waals surface area (Å²) < 4.78 is 5.35. The highest BCUT2D eigenvalue weighted by Gasteiger charge is 2.02. The molecule has 0 unspecified atom stereocenters. The first kappa shape index (κ1) is 27.7. The minimum absolute atomic E-state index is 0.0491. The zero-order chi connectivity index (χ0) is 21.7. The third-order valence-corrected chi connectivity index (χ3v) is 5.28. The maximum absolute atomic E-state index is 11.8. The quantitative estimate of drug-likeness (QED) is 0.129. The topological polar surface area (TPSA) is 26.3 Å². The molecular weight excluding hydrogens is 356 g/mol. The van der Waals surface area contributed by atoms with Crippen molar-refractivity contribution in [2.45, 2.75) is 125 Å². The molecular formula is C27H48O2. The van der Waals surface area contributed by atoms with Crippen molar-refractivity contribution in [2.24, 2.45) is 0 Å². The summed E-state index contributed by atoms with van der Waals surface area (Å²) in [6.07, 6.45) is 23.1. The second-order valence-corrected chi connectivity index (χ2v) is 8.72. The average Bonchev–Trinajstić information content (AvgIpc) is 2.66. The number of rotatable bonds is 18. The second-order valence-electron chi connectivity index (χ2n) is 8.72. The second kappa shape index (κ2) is 20.0. The Morgan fingerprint density at radius 3 is 1.76 bits per heavy atom. The van der Waals surface area contributed by atoms with Gasteiger partial charge in [-0.1, -0.05) is 87.2 Å². The fourth-order valence-corrected chi connectivity index (χ4v) is 3.27. The summed E-state index contributed by atoms with van der Waals surface area (Å²) in [7, 11) is 0. The van der Waals surface area contributed by atoms with Gasteiger partial charge in [-0.2, -0.15) is 0 Å². The van der Waals surface area contributed by atoms with Gasteiger partial charge in [-0.05, 0) is 65.9 Å². The van der Waals surface area contributed by atoms with Crippen LogP contribution in [0.2, 0.25) is 0 Å². The molecule has 0 aromatic rings. The van der Waals surface area contributed by atoms with Gasteiger partial charge in [-0.3, -0.25) is 4.79 Å². The number of carbonyl (C=O) groups excluding carboxylic acids is 1. The van der Waals surface area contributed by atoms with Crippen LogP contribution in [0.1, 0.15) is 125 Å². The maximum atomic E-state index is 11.8. The Hall–Kier alpha value is -1.31. The lowest BCUT2D eigenvalue weighted by atomic mass is 10.1. The summed E-state index contributed by atoms with van der Waals surface area (Å²) >= 11 is 0. The van der Waals surface area contributed by atoms with Gasteiger partial charge in [0.05, 0.1) is 0 Å². The van der Waals surface area contributed by atoms with E-state index >= 15 is 0 Å². The standard InChI is InChI=1S/C27H48O2/c1-6-7-8-9-10-11-12-13-14-21-27(28)29-23-22-26(5)20-16-19-25(4)18-15-17-24(2)3/h17,19,22H,6-16,18,20-21,23H2,1-5H3. The van der Waals surface area contributed by atoms with Crippen LogP contribution < -0.4 is 0 Å². The zero-order valence-corrected chi connectivity index (χ0v) is 20.2. The van der Waals surface area contributed by atoms with Crippen molar-refractivity contribution in [3.05, 3.63) is 34.9 Å². The molecule has 0 spiro atoms. The fourth-order valence-electron chi connectivity index (χ4n) is 3.27. The lowest BCUT2D eigenvalue weighted by molar-refractivity contribution is -0.142. The predicted octanol–water partition coefficient (Wildman–Crippen LogP) is 8.87. The van der Waals surface area contributed by atoms with Crippen LogP contribution in [0.15, 0.2) is 34.9 Å². The molecule has 168 valence electrons. The van der Waals surface area contributed by atoms with Gasteiger partial charge in [-0.15, -0.1) is 0 Å². The first-order chi connectivity index (χ1) is 14.0. The molecule has 0 aliphatic heterocycles.